The number of aromatic nitrogens is 2. The molecule has 0 bridgehead atoms. The molecule has 3 rings (SSSR count). The number of anilines is 2. The molecule has 2 aromatic heterocycles. The number of aromatic amines is 1. The number of hydrogen-bond acceptors (Lipinski definition) is 6. The van der Waals surface area contributed by atoms with Gasteiger partial charge in [0.25, 0.3) is 11.9 Å². The highest BCUT2D eigenvalue weighted by Crippen LogP contribution is 2.32. The number of benzene rings is 1. The first-order valence-corrected chi connectivity index (χ1v) is 10.6. The molecule has 0 atom stereocenters. The molecule has 1 aromatic carbocycles. The van der Waals surface area contributed by atoms with E-state index in [1.54, 1.807) is 0 Å². The second-order valence-corrected chi connectivity index (χ2v) is 8.24. The highest BCUT2D eigenvalue weighted by Gasteiger charge is 2.21. The Morgan fingerprint density at radius 3 is 2.29 bits per heavy atom. The molecule has 0 unspecified atom stereocenters. The van der Waals surface area contributed by atoms with Crippen molar-refractivity contribution in [3.63, 3.8) is 0 Å². The SMILES string of the molecule is CC(C)c1cccc(C(C)C)c1NC(=O)Nc1nc(Cc2ccc(OC(=O)O)o2)[nH]c1C(N)=O. The van der Waals surface area contributed by atoms with E-state index in [0.717, 1.165) is 11.1 Å². The highest BCUT2D eigenvalue weighted by atomic mass is 16.7. The predicted molar refractivity (Wildman–Crippen MR) is 125 cm³/mol. The van der Waals surface area contributed by atoms with Crippen LogP contribution in [-0.2, 0) is 6.42 Å². The summed E-state index contributed by atoms with van der Waals surface area (Å²) < 4.78 is 9.70. The van der Waals surface area contributed by atoms with Gasteiger partial charge in [-0.2, -0.15) is 0 Å². The van der Waals surface area contributed by atoms with Crippen LogP contribution in [0.1, 0.15) is 72.7 Å². The first-order valence-electron chi connectivity index (χ1n) is 10.6. The van der Waals surface area contributed by atoms with Crippen molar-refractivity contribution in [2.24, 2.45) is 5.73 Å². The van der Waals surface area contributed by atoms with E-state index in [1.165, 1.54) is 12.1 Å². The third-order valence-electron chi connectivity index (χ3n) is 5.01. The van der Waals surface area contributed by atoms with Crippen molar-refractivity contribution < 1.29 is 28.6 Å². The summed E-state index contributed by atoms with van der Waals surface area (Å²) >= 11 is 0. The van der Waals surface area contributed by atoms with Gasteiger partial charge in [-0.1, -0.05) is 45.9 Å². The van der Waals surface area contributed by atoms with E-state index in [9.17, 15) is 14.4 Å². The van der Waals surface area contributed by atoms with E-state index in [4.69, 9.17) is 15.3 Å². The number of furan rings is 1. The number of carboxylic acid groups (broad SMARTS) is 1. The van der Waals surface area contributed by atoms with Gasteiger partial charge in [-0.3, -0.25) is 10.1 Å². The number of nitrogens with one attached hydrogen (secondary N) is 3. The molecule has 0 spiro atoms. The lowest BCUT2D eigenvalue weighted by Gasteiger charge is -2.20. The van der Waals surface area contributed by atoms with Crippen molar-refractivity contribution in [2.75, 3.05) is 10.6 Å². The summed E-state index contributed by atoms with van der Waals surface area (Å²) in [5.41, 5.74) is 8.04. The smallest absolute Gasteiger partial charge is 0.449 e. The molecule has 3 aromatic rings. The summed E-state index contributed by atoms with van der Waals surface area (Å²) in [5.74, 6) is -0.108. The number of ether oxygens (including phenoxy) is 1. The van der Waals surface area contributed by atoms with Gasteiger partial charge >= 0.3 is 12.2 Å². The second-order valence-electron chi connectivity index (χ2n) is 8.24. The van der Waals surface area contributed by atoms with Crippen LogP contribution in [0.4, 0.5) is 21.1 Å². The summed E-state index contributed by atoms with van der Waals surface area (Å²) in [7, 11) is 0. The Kier molecular flexibility index (Phi) is 7.24. The van der Waals surface area contributed by atoms with Gasteiger partial charge in [0.15, 0.2) is 5.82 Å². The molecule has 0 saturated heterocycles. The minimum Gasteiger partial charge on any atom is -0.449 e. The summed E-state index contributed by atoms with van der Waals surface area (Å²) in [4.78, 5) is 42.4. The highest BCUT2D eigenvalue weighted by molar-refractivity contribution is 6.05. The fourth-order valence-corrected chi connectivity index (χ4v) is 3.48. The number of hydrogen-bond donors (Lipinski definition) is 5. The third-order valence-corrected chi connectivity index (χ3v) is 5.01. The van der Waals surface area contributed by atoms with Crippen LogP contribution in [0, 0.1) is 0 Å². The van der Waals surface area contributed by atoms with Crippen LogP contribution in [0.2, 0.25) is 0 Å². The Bertz CT molecular complexity index is 1180. The molecule has 0 radical (unpaired) electrons. The maximum Gasteiger partial charge on any atom is 0.513 e. The van der Waals surface area contributed by atoms with E-state index in [2.05, 4.69) is 25.3 Å². The summed E-state index contributed by atoms with van der Waals surface area (Å²) in [6.07, 6.45) is -1.44. The van der Waals surface area contributed by atoms with E-state index < -0.39 is 18.1 Å². The molecule has 0 aliphatic rings. The number of amides is 3. The van der Waals surface area contributed by atoms with Gasteiger partial charge in [0.2, 0.25) is 0 Å². The van der Waals surface area contributed by atoms with Gasteiger partial charge in [0, 0.05) is 11.8 Å². The Morgan fingerprint density at radius 2 is 1.74 bits per heavy atom. The standard InChI is InChI=1S/C23H27N5O6/c1-11(2)14-6-5-7-15(12(3)4)18(14)27-22(30)28-21-19(20(24)29)25-16(26-21)10-13-8-9-17(33-13)34-23(31)32/h5-9,11-12H,10H2,1-4H3,(H2,24,29)(H,25,26)(H,31,32)(H2,27,28,30). The van der Waals surface area contributed by atoms with E-state index in [0.29, 0.717) is 11.4 Å². The fourth-order valence-electron chi connectivity index (χ4n) is 3.48. The summed E-state index contributed by atoms with van der Waals surface area (Å²) in [6, 6.07) is 8.14. The van der Waals surface area contributed by atoms with Crippen LogP contribution in [0.15, 0.2) is 34.7 Å². The number of nitrogens with two attached hydrogens (primary N) is 1. The van der Waals surface area contributed by atoms with Gasteiger partial charge < -0.3 is 30.3 Å². The number of carbonyl (C=O) groups excluding carboxylic acids is 2. The number of H-pyrrole nitrogens is 1. The topological polar surface area (TPSA) is 173 Å². The lowest BCUT2D eigenvalue weighted by Crippen LogP contribution is -2.24. The molecule has 34 heavy (non-hydrogen) atoms. The molecule has 11 heteroatoms. The molecule has 0 saturated carbocycles. The van der Waals surface area contributed by atoms with Gasteiger partial charge in [-0.15, -0.1) is 0 Å². The minimum atomic E-state index is -1.51. The van der Waals surface area contributed by atoms with E-state index >= 15 is 0 Å². The van der Waals surface area contributed by atoms with Gasteiger partial charge in [0.05, 0.1) is 6.42 Å². The van der Waals surface area contributed by atoms with Crippen molar-refractivity contribution in [2.45, 2.75) is 46.0 Å². The van der Waals surface area contributed by atoms with Crippen molar-refractivity contribution in [1.29, 1.82) is 0 Å². The number of primary amides is 1. The third kappa shape index (κ3) is 5.74. The quantitative estimate of drug-likeness (QED) is 0.299. The zero-order valence-corrected chi connectivity index (χ0v) is 19.3. The Morgan fingerprint density at radius 1 is 1.09 bits per heavy atom. The second kappa shape index (κ2) is 10.1. The summed E-state index contributed by atoms with van der Waals surface area (Å²) in [6.45, 7) is 8.15. The average Bonchev–Trinajstić information content (AvgIpc) is 3.34. The van der Waals surface area contributed by atoms with Crippen LogP contribution in [-0.4, -0.2) is 33.2 Å². The largest absolute Gasteiger partial charge is 0.513 e. The van der Waals surface area contributed by atoms with Crippen LogP contribution < -0.4 is 21.1 Å². The van der Waals surface area contributed by atoms with Gasteiger partial charge in [0.1, 0.15) is 17.3 Å². The van der Waals surface area contributed by atoms with Crippen molar-refractivity contribution in [1.82, 2.24) is 9.97 Å². The van der Waals surface area contributed by atoms with Crippen LogP contribution >= 0.6 is 0 Å². The Balaban J connectivity index is 1.81. The number of rotatable bonds is 8. The van der Waals surface area contributed by atoms with Crippen LogP contribution in [0.25, 0.3) is 0 Å². The van der Waals surface area contributed by atoms with Crippen molar-refractivity contribution >= 4 is 29.6 Å². The normalized spacial score (nSPS) is 11.0. The molecule has 0 aliphatic heterocycles. The average molecular weight is 469 g/mol. The number of imidazole rings is 1. The molecular formula is C23H27N5O6. The van der Waals surface area contributed by atoms with E-state index in [-0.39, 0.29) is 41.5 Å². The van der Waals surface area contributed by atoms with Crippen molar-refractivity contribution in [3.05, 3.63) is 58.7 Å². The maximum atomic E-state index is 12.9. The lowest BCUT2D eigenvalue weighted by atomic mass is 9.93. The molecule has 11 nitrogen and oxygen atoms in total. The van der Waals surface area contributed by atoms with Crippen molar-refractivity contribution in [3.8, 4) is 5.95 Å². The first kappa shape index (κ1) is 24.4. The van der Waals surface area contributed by atoms with E-state index in [1.807, 2.05) is 45.9 Å². The monoisotopic (exact) mass is 469 g/mol. The summed E-state index contributed by atoms with van der Waals surface area (Å²) in [5, 5.41) is 14.1. The molecular weight excluding hydrogens is 442 g/mol. The van der Waals surface area contributed by atoms with Gasteiger partial charge in [-0.25, -0.2) is 14.6 Å². The molecule has 0 aliphatic carbocycles. The lowest BCUT2D eigenvalue weighted by molar-refractivity contribution is 0.0996. The molecule has 0 fully saturated rings. The predicted octanol–water partition coefficient (Wildman–Crippen LogP) is 4.64. The number of para-hydroxylation sites is 1. The Hall–Kier alpha value is -4.28. The molecule has 2 heterocycles. The first-order chi connectivity index (χ1) is 16.0. The Labute approximate surface area is 195 Å². The number of nitrogens with zero attached hydrogens (tertiary/aromatic N) is 1. The molecule has 180 valence electrons. The molecule has 6 N–H and O–H groups in total. The maximum absolute atomic E-state index is 12.9. The van der Waals surface area contributed by atoms with Crippen LogP contribution in [0.3, 0.4) is 0 Å². The van der Waals surface area contributed by atoms with Gasteiger partial charge in [-0.05, 0) is 29.0 Å². The number of carbonyl (C=O) groups is 3. The van der Waals surface area contributed by atoms with Crippen LogP contribution in [0.5, 0.6) is 5.95 Å². The minimum absolute atomic E-state index is 0.0401. The number of urea groups is 1. The fraction of sp³-hybridized carbons (Fsp3) is 0.304. The molecule has 3 amide bonds. The zero-order valence-electron chi connectivity index (χ0n) is 19.3. The zero-order chi connectivity index (χ0) is 25.0.